The zero-order valence-corrected chi connectivity index (χ0v) is 16.2. The Labute approximate surface area is 171 Å². The van der Waals surface area contributed by atoms with Crippen LogP contribution in [0, 0.1) is 17.0 Å². The highest BCUT2D eigenvalue weighted by atomic mass is 16.6. The van der Waals surface area contributed by atoms with Crippen molar-refractivity contribution in [2.24, 2.45) is 0 Å². The Hall–Kier alpha value is -4.28. The number of hydrogen-bond acceptors (Lipinski definition) is 10. The number of aromatic nitrogens is 3. The van der Waals surface area contributed by atoms with Crippen molar-refractivity contribution < 1.29 is 19.2 Å². The molecule has 30 heavy (non-hydrogen) atoms. The maximum Gasteiger partial charge on any atom is 0.342 e. The van der Waals surface area contributed by atoms with E-state index in [1.165, 1.54) is 19.2 Å². The van der Waals surface area contributed by atoms with Crippen LogP contribution in [0.5, 0.6) is 5.75 Å². The van der Waals surface area contributed by atoms with Crippen molar-refractivity contribution in [1.29, 1.82) is 0 Å². The number of carbonyl (C=O) groups excluding carboxylic acids is 1. The van der Waals surface area contributed by atoms with Gasteiger partial charge in [0.15, 0.2) is 12.4 Å². The van der Waals surface area contributed by atoms with Gasteiger partial charge in [-0.2, -0.15) is 15.0 Å². The van der Waals surface area contributed by atoms with E-state index in [9.17, 15) is 14.9 Å². The first-order valence-corrected chi connectivity index (χ1v) is 8.70. The van der Waals surface area contributed by atoms with Crippen LogP contribution < -0.4 is 15.8 Å². The number of anilines is 3. The molecule has 0 radical (unpaired) electrons. The monoisotopic (exact) mass is 410 g/mol. The molecule has 0 saturated heterocycles. The average molecular weight is 410 g/mol. The summed E-state index contributed by atoms with van der Waals surface area (Å²) in [6.45, 7) is 1.60. The maximum atomic E-state index is 12.4. The summed E-state index contributed by atoms with van der Waals surface area (Å²) in [4.78, 5) is 35.0. The molecule has 0 aliphatic rings. The van der Waals surface area contributed by atoms with Crippen LogP contribution >= 0.6 is 0 Å². The predicted octanol–water partition coefficient (Wildman–Crippen LogP) is 2.78. The summed E-state index contributed by atoms with van der Waals surface area (Å²) >= 11 is 0. The Morgan fingerprint density at radius 3 is 2.67 bits per heavy atom. The highest BCUT2D eigenvalue weighted by Crippen LogP contribution is 2.25. The number of hydrogen-bond donors (Lipinski definition) is 2. The fraction of sp³-hybridized carbons (Fsp3) is 0.158. The van der Waals surface area contributed by atoms with Crippen LogP contribution in [0.1, 0.15) is 21.7 Å². The zero-order valence-electron chi connectivity index (χ0n) is 16.2. The Bertz CT molecular complexity index is 1100. The smallest absolute Gasteiger partial charge is 0.342 e. The molecule has 0 aliphatic carbocycles. The number of methoxy groups -OCH3 is 1. The van der Waals surface area contributed by atoms with Gasteiger partial charge in [0.2, 0.25) is 11.9 Å². The van der Waals surface area contributed by atoms with Gasteiger partial charge in [0.05, 0.1) is 12.0 Å². The molecule has 0 bridgehead atoms. The molecular weight excluding hydrogens is 392 g/mol. The highest BCUT2D eigenvalue weighted by molar-refractivity contribution is 5.93. The van der Waals surface area contributed by atoms with E-state index in [0.29, 0.717) is 0 Å². The van der Waals surface area contributed by atoms with E-state index in [-0.39, 0.29) is 41.3 Å². The van der Waals surface area contributed by atoms with Gasteiger partial charge < -0.3 is 20.5 Å². The minimum absolute atomic E-state index is 0.0555. The van der Waals surface area contributed by atoms with E-state index in [4.69, 9.17) is 15.2 Å². The summed E-state index contributed by atoms with van der Waals surface area (Å²) in [6, 6.07) is 11.1. The Balaban J connectivity index is 1.77. The number of carbonyl (C=O) groups is 1. The normalized spacial score (nSPS) is 10.3. The van der Waals surface area contributed by atoms with Gasteiger partial charge in [0, 0.05) is 17.8 Å². The lowest BCUT2D eigenvalue weighted by Crippen LogP contribution is -2.12. The lowest BCUT2D eigenvalue weighted by Gasteiger charge is -2.10. The van der Waals surface area contributed by atoms with E-state index >= 15 is 0 Å². The minimum Gasteiger partial charge on any atom is -0.496 e. The van der Waals surface area contributed by atoms with Crippen LogP contribution in [-0.2, 0) is 11.3 Å². The maximum absolute atomic E-state index is 12.4. The number of nitro benzene ring substituents is 1. The number of aryl methyl sites for hydroxylation is 1. The molecule has 1 heterocycles. The quantitative estimate of drug-likeness (QED) is 0.337. The number of nitrogens with one attached hydrogen (secondary N) is 1. The fourth-order valence-corrected chi connectivity index (χ4v) is 2.57. The van der Waals surface area contributed by atoms with E-state index < -0.39 is 10.9 Å². The van der Waals surface area contributed by atoms with Crippen molar-refractivity contribution in [1.82, 2.24) is 15.0 Å². The summed E-state index contributed by atoms with van der Waals surface area (Å²) in [5.74, 6) is -0.446. The third-order valence-corrected chi connectivity index (χ3v) is 4.04. The minimum atomic E-state index is -0.831. The number of nitrogen functional groups attached to an aromatic ring is 1. The van der Waals surface area contributed by atoms with Crippen molar-refractivity contribution in [2.45, 2.75) is 13.5 Å². The van der Waals surface area contributed by atoms with Gasteiger partial charge in [-0.25, -0.2) is 4.79 Å². The average Bonchev–Trinajstić information content (AvgIpc) is 2.72. The molecule has 11 heteroatoms. The molecule has 1 aromatic heterocycles. The predicted molar refractivity (Wildman–Crippen MR) is 107 cm³/mol. The first-order valence-electron chi connectivity index (χ1n) is 8.70. The first-order chi connectivity index (χ1) is 14.4. The van der Waals surface area contributed by atoms with Gasteiger partial charge in [0.1, 0.15) is 11.3 Å². The topological polar surface area (TPSA) is 155 Å². The fourth-order valence-electron chi connectivity index (χ4n) is 2.57. The molecular formula is C19H18N6O5. The van der Waals surface area contributed by atoms with E-state index in [1.54, 1.807) is 0 Å². The van der Waals surface area contributed by atoms with Crippen molar-refractivity contribution in [2.75, 3.05) is 18.2 Å². The Morgan fingerprint density at radius 2 is 1.97 bits per heavy atom. The van der Waals surface area contributed by atoms with Crippen LogP contribution in [-0.4, -0.2) is 33.0 Å². The van der Waals surface area contributed by atoms with E-state index in [1.807, 2.05) is 31.2 Å². The summed E-state index contributed by atoms with van der Waals surface area (Å²) in [6.07, 6.45) is 0. The first kappa shape index (κ1) is 20.5. The number of nitrogens with zero attached hydrogens (tertiary/aromatic N) is 4. The molecule has 3 rings (SSSR count). The zero-order chi connectivity index (χ0) is 21.7. The number of non-ortho nitro benzene ring substituents is 1. The Morgan fingerprint density at radius 1 is 1.20 bits per heavy atom. The number of ether oxygens (including phenoxy) is 2. The standard InChI is InChI=1S/C19H18N6O5/c1-11-5-3-4-6-14(11)21-19-23-16(22-18(20)24-19)10-30-17(26)13-9-12(25(27)28)7-8-15(13)29-2/h3-9H,10H2,1-2H3,(H3,20,21,22,23,24). The van der Waals surface area contributed by atoms with Gasteiger partial charge in [-0.1, -0.05) is 18.2 Å². The van der Waals surface area contributed by atoms with E-state index in [0.717, 1.165) is 17.3 Å². The summed E-state index contributed by atoms with van der Waals surface area (Å²) in [7, 11) is 1.34. The summed E-state index contributed by atoms with van der Waals surface area (Å²) in [5, 5.41) is 14.0. The van der Waals surface area contributed by atoms with Crippen LogP contribution in [0.2, 0.25) is 0 Å². The number of nitrogens with two attached hydrogens (primary N) is 1. The molecule has 3 aromatic rings. The molecule has 2 aromatic carbocycles. The largest absolute Gasteiger partial charge is 0.496 e. The molecule has 0 amide bonds. The number of para-hydroxylation sites is 1. The number of rotatable bonds is 7. The molecule has 0 atom stereocenters. The van der Waals surface area contributed by atoms with Crippen molar-refractivity contribution in [3.8, 4) is 5.75 Å². The van der Waals surface area contributed by atoms with Gasteiger partial charge >= 0.3 is 5.97 Å². The van der Waals surface area contributed by atoms with Gasteiger partial charge in [-0.05, 0) is 24.6 Å². The van der Waals surface area contributed by atoms with Crippen LogP contribution in [0.25, 0.3) is 0 Å². The van der Waals surface area contributed by atoms with E-state index in [2.05, 4.69) is 20.3 Å². The number of nitro groups is 1. The second-order valence-corrected chi connectivity index (χ2v) is 6.09. The van der Waals surface area contributed by atoms with Crippen LogP contribution in [0.4, 0.5) is 23.3 Å². The molecule has 0 spiro atoms. The summed E-state index contributed by atoms with van der Waals surface area (Å²) < 4.78 is 10.3. The Kier molecular flexibility index (Phi) is 6.01. The van der Waals surface area contributed by atoms with Gasteiger partial charge in [-0.15, -0.1) is 0 Å². The molecule has 154 valence electrons. The van der Waals surface area contributed by atoms with Gasteiger partial charge in [0.25, 0.3) is 5.69 Å². The molecule has 0 aliphatic heterocycles. The SMILES string of the molecule is COc1ccc([N+](=O)[O-])cc1C(=O)OCc1nc(N)nc(Nc2ccccc2C)n1. The van der Waals surface area contributed by atoms with Crippen LogP contribution in [0.3, 0.4) is 0 Å². The molecule has 0 fully saturated rings. The number of esters is 1. The third-order valence-electron chi connectivity index (χ3n) is 4.04. The highest BCUT2D eigenvalue weighted by Gasteiger charge is 2.19. The van der Waals surface area contributed by atoms with Crippen molar-refractivity contribution in [3.63, 3.8) is 0 Å². The molecule has 3 N–H and O–H groups in total. The van der Waals surface area contributed by atoms with Crippen LogP contribution in [0.15, 0.2) is 42.5 Å². The lowest BCUT2D eigenvalue weighted by atomic mass is 10.2. The molecule has 11 nitrogen and oxygen atoms in total. The third kappa shape index (κ3) is 4.76. The number of benzene rings is 2. The van der Waals surface area contributed by atoms with Crippen molar-refractivity contribution >= 4 is 29.2 Å². The molecule has 0 unspecified atom stereocenters. The lowest BCUT2D eigenvalue weighted by molar-refractivity contribution is -0.384. The second-order valence-electron chi connectivity index (χ2n) is 6.09. The summed E-state index contributed by atoms with van der Waals surface area (Å²) in [5.41, 5.74) is 7.13. The molecule has 0 saturated carbocycles. The van der Waals surface area contributed by atoms with Crippen molar-refractivity contribution in [3.05, 3.63) is 69.5 Å². The van der Waals surface area contributed by atoms with Gasteiger partial charge in [-0.3, -0.25) is 10.1 Å². The second kappa shape index (κ2) is 8.82.